The molecule has 0 aromatic heterocycles. The van der Waals surface area contributed by atoms with Crippen LogP contribution < -0.4 is 0 Å². The summed E-state index contributed by atoms with van der Waals surface area (Å²) in [5.41, 5.74) is 4.18. The van der Waals surface area contributed by atoms with Gasteiger partial charge in [0.1, 0.15) is 0 Å². The van der Waals surface area contributed by atoms with Gasteiger partial charge in [0.25, 0.3) is 0 Å². The molecule has 0 heterocycles. The topological polar surface area (TPSA) is 3.24 Å². The van der Waals surface area contributed by atoms with Crippen LogP contribution in [0.2, 0.25) is 0 Å². The van der Waals surface area contributed by atoms with Crippen LogP contribution in [0, 0.1) is 20.8 Å². The summed E-state index contributed by atoms with van der Waals surface area (Å²) in [6.45, 7) is 6.44. The lowest BCUT2D eigenvalue weighted by atomic mass is 10.1. The molecule has 0 fully saturated rings. The summed E-state index contributed by atoms with van der Waals surface area (Å²) in [5.74, 6) is 0. The van der Waals surface area contributed by atoms with E-state index >= 15 is 0 Å². The highest BCUT2D eigenvalue weighted by Gasteiger charge is 1.91. The zero-order valence-corrected chi connectivity index (χ0v) is 12.7. The van der Waals surface area contributed by atoms with Crippen LogP contribution in [0.15, 0.2) is 18.2 Å². The van der Waals surface area contributed by atoms with Gasteiger partial charge < -0.3 is 0 Å². The van der Waals surface area contributed by atoms with E-state index < -0.39 is 0 Å². The molecule has 0 saturated carbocycles. The molecule has 0 N–H and O–H groups in total. The molecule has 0 atom stereocenters. The van der Waals surface area contributed by atoms with Crippen molar-refractivity contribution in [1.29, 1.82) is 0 Å². The summed E-state index contributed by atoms with van der Waals surface area (Å²) in [6, 6.07) is 6.38. The number of benzene rings is 1. The summed E-state index contributed by atoms with van der Waals surface area (Å²) in [6.07, 6.45) is 0. The molecule has 0 saturated heterocycles. The van der Waals surface area contributed by atoms with Gasteiger partial charge in [0.05, 0.1) is 0 Å². The molecule has 0 bridgehead atoms. The summed E-state index contributed by atoms with van der Waals surface area (Å²) in [4.78, 5) is 0. The summed E-state index contributed by atoms with van der Waals surface area (Å²) >= 11 is 9.75. The minimum Gasteiger partial charge on any atom is -0.135 e. The van der Waals surface area contributed by atoms with Gasteiger partial charge in [-0.1, -0.05) is 18.2 Å². The number of halogens is 3. The van der Waals surface area contributed by atoms with E-state index in [1.165, 1.54) is 23.7 Å². The average molecular weight is 348 g/mol. The third-order valence-electron chi connectivity index (χ3n) is 1.88. The maximum atomic E-state index is 4.87. The first-order chi connectivity index (χ1) is 5.95. The molecule has 0 aliphatic rings. The lowest BCUT2D eigenvalue weighted by Crippen LogP contribution is -1.82. The van der Waals surface area contributed by atoms with Gasteiger partial charge in [0, 0.05) is 7.05 Å². The van der Waals surface area contributed by atoms with Crippen molar-refractivity contribution >= 4 is 47.5 Å². The van der Waals surface area contributed by atoms with Crippen LogP contribution in [0.25, 0.3) is 0 Å². The van der Waals surface area contributed by atoms with Crippen molar-refractivity contribution < 1.29 is 0 Å². The van der Waals surface area contributed by atoms with E-state index in [1.54, 1.807) is 0 Å². The SMILES string of the molecule is CN(Cl)Cl.Cc1cccc(C)c1C.I. The van der Waals surface area contributed by atoms with E-state index in [1.807, 2.05) is 0 Å². The Kier molecular flexibility index (Phi) is 10.6. The van der Waals surface area contributed by atoms with Crippen LogP contribution in [0.5, 0.6) is 0 Å². The van der Waals surface area contributed by atoms with Crippen LogP contribution in [-0.4, -0.2) is 11.0 Å². The van der Waals surface area contributed by atoms with E-state index in [9.17, 15) is 0 Å². The first-order valence-corrected chi connectivity index (χ1v) is 4.71. The van der Waals surface area contributed by atoms with Crippen LogP contribution in [0.4, 0.5) is 0 Å². The molecule has 0 spiro atoms. The van der Waals surface area contributed by atoms with E-state index in [2.05, 4.69) is 39.0 Å². The smallest absolute Gasteiger partial charge is 0.0190 e. The number of hydrogen-bond acceptors (Lipinski definition) is 1. The molecule has 0 aliphatic carbocycles. The molecule has 4 heteroatoms. The van der Waals surface area contributed by atoms with Crippen LogP contribution in [-0.2, 0) is 0 Å². The quantitative estimate of drug-likeness (QED) is 0.495. The fourth-order valence-electron chi connectivity index (χ4n) is 0.898. The van der Waals surface area contributed by atoms with Gasteiger partial charge in [-0.3, -0.25) is 0 Å². The lowest BCUT2D eigenvalue weighted by molar-refractivity contribution is 0.897. The molecule has 0 amide bonds. The second kappa shape index (κ2) is 8.77. The highest BCUT2D eigenvalue weighted by Crippen LogP contribution is 2.09. The molecule has 0 aliphatic heterocycles. The zero-order chi connectivity index (χ0) is 10.4. The van der Waals surface area contributed by atoms with Crippen molar-refractivity contribution in [1.82, 2.24) is 3.94 Å². The number of nitrogens with zero attached hydrogens (tertiary/aromatic N) is 1. The number of hydrogen-bond donors (Lipinski definition) is 0. The Morgan fingerprint density at radius 2 is 1.29 bits per heavy atom. The average Bonchev–Trinajstić information content (AvgIpc) is 1.99. The van der Waals surface area contributed by atoms with Crippen molar-refractivity contribution in [2.45, 2.75) is 20.8 Å². The largest absolute Gasteiger partial charge is 0.135 e. The first-order valence-electron chi connectivity index (χ1n) is 4.03. The Hall–Kier alpha value is 0.490. The zero-order valence-electron chi connectivity index (χ0n) is 8.84. The Morgan fingerprint density at radius 1 is 1.00 bits per heavy atom. The van der Waals surface area contributed by atoms with Crippen molar-refractivity contribution in [3.05, 3.63) is 34.9 Å². The van der Waals surface area contributed by atoms with Crippen LogP contribution in [0.3, 0.4) is 0 Å². The second-order valence-electron chi connectivity index (χ2n) is 2.92. The van der Waals surface area contributed by atoms with E-state index in [-0.39, 0.29) is 24.0 Å². The van der Waals surface area contributed by atoms with Crippen molar-refractivity contribution in [2.75, 3.05) is 7.05 Å². The minimum absolute atomic E-state index is 0. The van der Waals surface area contributed by atoms with Gasteiger partial charge in [0.15, 0.2) is 0 Å². The van der Waals surface area contributed by atoms with E-state index in [4.69, 9.17) is 23.6 Å². The van der Waals surface area contributed by atoms with Gasteiger partial charge in [-0.25, -0.2) is 0 Å². The molecule has 14 heavy (non-hydrogen) atoms. The lowest BCUT2D eigenvalue weighted by Gasteiger charge is -2.00. The van der Waals surface area contributed by atoms with Crippen molar-refractivity contribution in [3.8, 4) is 0 Å². The molecule has 1 rings (SSSR count). The monoisotopic (exact) mass is 347 g/mol. The molecule has 1 nitrogen and oxygen atoms in total. The highest BCUT2D eigenvalue weighted by atomic mass is 127. The number of rotatable bonds is 0. The molecular formula is C10H16Cl2IN. The van der Waals surface area contributed by atoms with Gasteiger partial charge >= 0.3 is 0 Å². The molecule has 1 aromatic carbocycles. The summed E-state index contributed by atoms with van der Waals surface area (Å²) in [5, 5.41) is 0. The maximum absolute atomic E-state index is 4.87. The van der Waals surface area contributed by atoms with Gasteiger partial charge in [-0.15, -0.1) is 27.9 Å². The van der Waals surface area contributed by atoms with E-state index in [0.29, 0.717) is 0 Å². The molecule has 82 valence electrons. The Bertz CT molecular complexity index is 241. The summed E-state index contributed by atoms with van der Waals surface area (Å²) in [7, 11) is 1.53. The third-order valence-corrected chi connectivity index (χ3v) is 1.88. The highest BCUT2D eigenvalue weighted by molar-refractivity contribution is 14.0. The maximum Gasteiger partial charge on any atom is 0.0190 e. The standard InChI is InChI=1S/C9H12.CH3Cl2N.HI/c1-7-5-4-6-8(2)9(7)3;1-4(2)3;/h4-6H,1-3H3;1H3;1H. The van der Waals surface area contributed by atoms with Gasteiger partial charge in [0.2, 0.25) is 0 Å². The van der Waals surface area contributed by atoms with Crippen LogP contribution >= 0.6 is 47.5 Å². The van der Waals surface area contributed by atoms with Crippen LogP contribution in [0.1, 0.15) is 16.7 Å². The van der Waals surface area contributed by atoms with E-state index in [0.717, 1.165) is 3.94 Å². The molecular weight excluding hydrogens is 332 g/mol. The molecule has 1 aromatic rings. The predicted octanol–water partition coefficient (Wildman–Crippen LogP) is 4.46. The summed E-state index contributed by atoms with van der Waals surface area (Å²) < 4.78 is 0.944. The minimum atomic E-state index is 0. The van der Waals surface area contributed by atoms with Gasteiger partial charge in [-0.2, -0.15) is 0 Å². The molecule has 0 unspecified atom stereocenters. The van der Waals surface area contributed by atoms with Crippen molar-refractivity contribution in [2.24, 2.45) is 0 Å². The Labute approximate surface area is 114 Å². The van der Waals surface area contributed by atoms with Gasteiger partial charge in [-0.05, 0) is 61.0 Å². The van der Waals surface area contributed by atoms with Crippen molar-refractivity contribution in [3.63, 3.8) is 0 Å². The Morgan fingerprint density at radius 3 is 1.50 bits per heavy atom. The fraction of sp³-hybridized carbons (Fsp3) is 0.400. The first kappa shape index (κ1) is 16.9. The normalized spacial score (nSPS) is 8.79. The number of aryl methyl sites for hydroxylation is 2. The second-order valence-corrected chi connectivity index (χ2v) is 4.11. The third kappa shape index (κ3) is 7.85. The fourth-order valence-corrected chi connectivity index (χ4v) is 0.898. The molecule has 0 radical (unpaired) electrons. The predicted molar refractivity (Wildman–Crippen MR) is 75.5 cm³/mol. The Balaban J connectivity index is 0.